The summed E-state index contributed by atoms with van der Waals surface area (Å²) >= 11 is 11.5. The lowest BCUT2D eigenvalue weighted by atomic mass is 10.1. The Labute approximate surface area is 140 Å². The summed E-state index contributed by atoms with van der Waals surface area (Å²) in [5.74, 6) is -0.753. The molecule has 0 spiro atoms. The lowest BCUT2D eigenvalue weighted by molar-refractivity contribution is -0.126. The van der Waals surface area contributed by atoms with Gasteiger partial charge < -0.3 is 0 Å². The van der Waals surface area contributed by atoms with Gasteiger partial charge in [0.2, 0.25) is 16.9 Å². The standard InChI is InChI=1S/C13H10N4O2S3/c1-7-4-2-3-5-8(7)16-9(18)6-10(19)17(13(16)21)11-14-15-12(20)22-11/h2-5H,6H2,1H3,(H,15,20). The van der Waals surface area contributed by atoms with E-state index in [9.17, 15) is 9.59 Å². The van der Waals surface area contributed by atoms with Crippen LogP contribution in [0.3, 0.4) is 0 Å². The van der Waals surface area contributed by atoms with E-state index < -0.39 is 5.91 Å². The number of carbonyl (C=O) groups excluding carboxylic acids is 2. The van der Waals surface area contributed by atoms with Crippen molar-refractivity contribution in [1.29, 1.82) is 0 Å². The summed E-state index contributed by atoms with van der Waals surface area (Å²) in [4.78, 5) is 27.1. The summed E-state index contributed by atoms with van der Waals surface area (Å²) in [6.07, 6.45) is -0.263. The molecule has 1 fully saturated rings. The van der Waals surface area contributed by atoms with Crippen molar-refractivity contribution in [3.63, 3.8) is 0 Å². The largest absolute Gasteiger partial charge is 0.273 e. The van der Waals surface area contributed by atoms with Gasteiger partial charge in [0.1, 0.15) is 6.42 Å². The maximum atomic E-state index is 12.3. The maximum absolute atomic E-state index is 12.3. The number of aromatic amines is 1. The summed E-state index contributed by atoms with van der Waals surface area (Å²) in [5.41, 5.74) is 1.55. The van der Waals surface area contributed by atoms with Gasteiger partial charge in [0, 0.05) is 0 Å². The second-order valence-corrected chi connectivity index (χ2v) is 6.61. The van der Waals surface area contributed by atoms with E-state index in [2.05, 4.69) is 10.2 Å². The topological polar surface area (TPSA) is 69.3 Å². The molecule has 6 nitrogen and oxygen atoms in total. The number of rotatable bonds is 2. The van der Waals surface area contributed by atoms with E-state index in [1.165, 1.54) is 9.80 Å². The summed E-state index contributed by atoms with van der Waals surface area (Å²) in [5, 5.41) is 7.03. The first-order chi connectivity index (χ1) is 10.5. The first kappa shape index (κ1) is 14.9. The van der Waals surface area contributed by atoms with Gasteiger partial charge in [-0.2, -0.15) is 0 Å². The minimum atomic E-state index is -0.405. The third-order valence-electron chi connectivity index (χ3n) is 3.16. The Bertz CT molecular complexity index is 842. The van der Waals surface area contributed by atoms with Crippen LogP contribution in [-0.4, -0.2) is 27.1 Å². The first-order valence-electron chi connectivity index (χ1n) is 6.30. The van der Waals surface area contributed by atoms with Gasteiger partial charge in [0.15, 0.2) is 9.07 Å². The number of carbonyl (C=O) groups is 2. The average molecular weight is 350 g/mol. The Kier molecular flexibility index (Phi) is 3.85. The molecule has 1 aromatic carbocycles. The van der Waals surface area contributed by atoms with Crippen LogP contribution in [0.4, 0.5) is 10.8 Å². The number of amides is 2. The second-order valence-electron chi connectivity index (χ2n) is 4.60. The Morgan fingerprint density at radius 2 is 1.86 bits per heavy atom. The minimum absolute atomic E-state index is 0.0910. The molecule has 1 aliphatic heterocycles. The van der Waals surface area contributed by atoms with Crippen molar-refractivity contribution >= 4 is 63.5 Å². The number of aryl methyl sites for hydroxylation is 1. The molecule has 0 bridgehead atoms. The number of hydrogen-bond donors (Lipinski definition) is 1. The predicted molar refractivity (Wildman–Crippen MR) is 90.7 cm³/mol. The molecule has 1 aliphatic rings. The predicted octanol–water partition coefficient (Wildman–Crippen LogP) is 2.56. The van der Waals surface area contributed by atoms with Gasteiger partial charge in [-0.15, -0.1) is 5.10 Å². The monoisotopic (exact) mass is 350 g/mol. The maximum Gasteiger partial charge on any atom is 0.244 e. The highest BCUT2D eigenvalue weighted by atomic mass is 32.1. The van der Waals surface area contributed by atoms with E-state index in [1.54, 1.807) is 6.07 Å². The van der Waals surface area contributed by atoms with Crippen molar-refractivity contribution < 1.29 is 9.59 Å². The van der Waals surface area contributed by atoms with Gasteiger partial charge in [-0.1, -0.05) is 29.5 Å². The SMILES string of the molecule is Cc1ccccc1N1C(=O)CC(=O)N(c2n[nH]c(=S)s2)C1=S. The first-order valence-corrected chi connectivity index (χ1v) is 7.93. The third-order valence-corrected chi connectivity index (χ3v) is 4.60. The van der Waals surface area contributed by atoms with Crippen LogP contribution in [0.1, 0.15) is 12.0 Å². The number of H-pyrrole nitrogens is 1. The van der Waals surface area contributed by atoms with Crippen molar-refractivity contribution in [2.75, 3.05) is 9.80 Å². The fourth-order valence-electron chi connectivity index (χ4n) is 2.16. The highest BCUT2D eigenvalue weighted by Gasteiger charge is 2.38. The number of anilines is 2. The van der Waals surface area contributed by atoms with Gasteiger partial charge in [-0.05, 0) is 43.0 Å². The molecule has 0 atom stereocenters. The van der Waals surface area contributed by atoms with E-state index in [1.807, 2.05) is 25.1 Å². The van der Waals surface area contributed by atoms with E-state index in [0.717, 1.165) is 16.9 Å². The van der Waals surface area contributed by atoms with Crippen molar-refractivity contribution in [3.05, 3.63) is 33.8 Å². The molecule has 0 aliphatic carbocycles. The van der Waals surface area contributed by atoms with Gasteiger partial charge in [0.25, 0.3) is 0 Å². The molecule has 22 heavy (non-hydrogen) atoms. The van der Waals surface area contributed by atoms with Crippen molar-refractivity contribution in [2.24, 2.45) is 0 Å². The van der Waals surface area contributed by atoms with Crippen molar-refractivity contribution in [2.45, 2.75) is 13.3 Å². The summed E-state index contributed by atoms with van der Waals surface area (Å²) in [6, 6.07) is 7.36. The number of nitrogens with one attached hydrogen (secondary N) is 1. The van der Waals surface area contributed by atoms with Crippen LogP contribution in [0, 0.1) is 10.9 Å². The fraction of sp³-hybridized carbons (Fsp3) is 0.154. The molecular weight excluding hydrogens is 340 g/mol. The van der Waals surface area contributed by atoms with Crippen LogP contribution < -0.4 is 9.80 Å². The zero-order chi connectivity index (χ0) is 15.9. The normalized spacial score (nSPS) is 15.6. The zero-order valence-corrected chi connectivity index (χ0v) is 13.8. The van der Waals surface area contributed by atoms with Crippen LogP contribution in [0.25, 0.3) is 0 Å². The highest BCUT2D eigenvalue weighted by molar-refractivity contribution is 7.81. The molecule has 0 unspecified atom stereocenters. The summed E-state index contributed by atoms with van der Waals surface area (Å²) in [6.45, 7) is 1.88. The van der Waals surface area contributed by atoms with Crippen LogP contribution in [0.15, 0.2) is 24.3 Å². The number of thiocarbonyl (C=S) groups is 1. The van der Waals surface area contributed by atoms with Crippen LogP contribution in [0.2, 0.25) is 0 Å². The molecule has 112 valence electrons. The second kappa shape index (κ2) is 5.67. The number of aromatic nitrogens is 2. The summed E-state index contributed by atoms with van der Waals surface area (Å²) < 4.78 is 0.435. The Morgan fingerprint density at radius 3 is 2.50 bits per heavy atom. The Morgan fingerprint density at radius 1 is 1.18 bits per heavy atom. The van der Waals surface area contributed by atoms with E-state index in [-0.39, 0.29) is 17.4 Å². The van der Waals surface area contributed by atoms with Crippen LogP contribution >= 0.6 is 35.8 Å². The minimum Gasteiger partial charge on any atom is -0.273 e. The molecule has 2 heterocycles. The van der Waals surface area contributed by atoms with E-state index >= 15 is 0 Å². The number of nitrogens with zero attached hydrogens (tertiary/aromatic N) is 3. The number of para-hydroxylation sites is 1. The average Bonchev–Trinajstić information content (AvgIpc) is 2.86. The number of benzene rings is 1. The lowest BCUT2D eigenvalue weighted by Crippen LogP contribution is -2.55. The Hall–Kier alpha value is -1.97. The molecule has 9 heteroatoms. The van der Waals surface area contributed by atoms with Gasteiger partial charge in [-0.25, -0.2) is 4.90 Å². The van der Waals surface area contributed by atoms with Crippen molar-refractivity contribution in [1.82, 2.24) is 10.2 Å². The fourth-order valence-corrected chi connectivity index (χ4v) is 3.50. The third kappa shape index (κ3) is 2.47. The quantitative estimate of drug-likeness (QED) is 0.666. The molecular formula is C13H10N4O2S3. The van der Waals surface area contributed by atoms with E-state index in [4.69, 9.17) is 24.4 Å². The highest BCUT2D eigenvalue weighted by Crippen LogP contribution is 2.29. The molecule has 2 amide bonds. The molecule has 0 saturated carbocycles. The number of hydrogen-bond acceptors (Lipinski definition) is 6. The Balaban J connectivity index is 2.07. The van der Waals surface area contributed by atoms with Crippen molar-refractivity contribution in [3.8, 4) is 0 Å². The van der Waals surface area contributed by atoms with Gasteiger partial charge in [-0.3, -0.25) is 19.6 Å². The molecule has 2 aromatic rings. The molecule has 1 N–H and O–H groups in total. The van der Waals surface area contributed by atoms with Gasteiger partial charge >= 0.3 is 0 Å². The van der Waals surface area contributed by atoms with Crippen LogP contribution in [0.5, 0.6) is 0 Å². The smallest absolute Gasteiger partial charge is 0.244 e. The molecule has 3 rings (SSSR count). The van der Waals surface area contributed by atoms with Crippen LogP contribution in [-0.2, 0) is 9.59 Å². The molecule has 0 radical (unpaired) electrons. The lowest BCUT2D eigenvalue weighted by Gasteiger charge is -2.34. The van der Waals surface area contributed by atoms with E-state index in [0.29, 0.717) is 14.8 Å². The zero-order valence-electron chi connectivity index (χ0n) is 11.4. The molecule has 1 aromatic heterocycles. The molecule has 1 saturated heterocycles. The van der Waals surface area contributed by atoms with Gasteiger partial charge in [0.05, 0.1) is 5.69 Å². The summed E-state index contributed by atoms with van der Waals surface area (Å²) in [7, 11) is 0.